The highest BCUT2D eigenvalue weighted by Crippen LogP contribution is 2.31. The highest BCUT2D eigenvalue weighted by atomic mass is 35.5. The van der Waals surface area contributed by atoms with Gasteiger partial charge in [0.2, 0.25) is 0 Å². The van der Waals surface area contributed by atoms with E-state index in [1.54, 1.807) is 7.11 Å². The van der Waals surface area contributed by atoms with E-state index in [0.29, 0.717) is 11.1 Å². The van der Waals surface area contributed by atoms with Crippen LogP contribution >= 0.6 is 11.6 Å². The van der Waals surface area contributed by atoms with Gasteiger partial charge in [-0.15, -0.1) is 0 Å². The zero-order valence-electron chi connectivity index (χ0n) is 11.5. The summed E-state index contributed by atoms with van der Waals surface area (Å²) in [5, 5.41) is 5.00. The van der Waals surface area contributed by atoms with Gasteiger partial charge in [0.25, 0.3) is 0 Å². The standard InChI is InChI=1S/C15H18ClN3O/c1-20-15-4-3-13(11-14(15)16)18-9-5-12(6-10-18)19-8-2-7-17-19/h2-4,7-8,11-12H,5-6,9-10H2,1H3. The Kier molecular flexibility index (Phi) is 3.83. The third-order valence-corrected chi connectivity index (χ3v) is 4.16. The highest BCUT2D eigenvalue weighted by Gasteiger charge is 2.21. The number of nitrogens with zero attached hydrogens (tertiary/aromatic N) is 3. The van der Waals surface area contributed by atoms with Gasteiger partial charge in [0.05, 0.1) is 18.2 Å². The molecule has 0 bridgehead atoms. The summed E-state index contributed by atoms with van der Waals surface area (Å²) in [6.07, 6.45) is 6.09. The molecule has 20 heavy (non-hydrogen) atoms. The van der Waals surface area contributed by atoms with Gasteiger partial charge in [-0.1, -0.05) is 11.6 Å². The van der Waals surface area contributed by atoms with Crippen molar-refractivity contribution >= 4 is 17.3 Å². The van der Waals surface area contributed by atoms with Crippen LogP contribution in [0.25, 0.3) is 0 Å². The van der Waals surface area contributed by atoms with Gasteiger partial charge in [0, 0.05) is 31.2 Å². The fraction of sp³-hybridized carbons (Fsp3) is 0.400. The van der Waals surface area contributed by atoms with Crippen molar-refractivity contribution in [2.24, 2.45) is 0 Å². The topological polar surface area (TPSA) is 30.3 Å². The molecule has 0 unspecified atom stereocenters. The molecular formula is C15H18ClN3O. The Balaban J connectivity index is 1.67. The number of ether oxygens (including phenoxy) is 1. The van der Waals surface area contributed by atoms with Crippen molar-refractivity contribution in [3.8, 4) is 5.75 Å². The summed E-state index contributed by atoms with van der Waals surface area (Å²) < 4.78 is 7.26. The van der Waals surface area contributed by atoms with E-state index >= 15 is 0 Å². The lowest BCUT2D eigenvalue weighted by molar-refractivity contribution is 0.367. The zero-order valence-corrected chi connectivity index (χ0v) is 12.3. The molecular weight excluding hydrogens is 274 g/mol. The first-order valence-corrected chi connectivity index (χ1v) is 7.23. The van der Waals surface area contributed by atoms with E-state index < -0.39 is 0 Å². The first-order chi connectivity index (χ1) is 9.78. The molecule has 4 nitrogen and oxygen atoms in total. The van der Waals surface area contributed by atoms with Crippen molar-refractivity contribution in [2.75, 3.05) is 25.1 Å². The van der Waals surface area contributed by atoms with Crippen LogP contribution in [0, 0.1) is 0 Å². The highest BCUT2D eigenvalue weighted by molar-refractivity contribution is 6.32. The third kappa shape index (κ3) is 2.61. The smallest absolute Gasteiger partial charge is 0.137 e. The van der Waals surface area contributed by atoms with Gasteiger partial charge in [-0.25, -0.2) is 0 Å². The van der Waals surface area contributed by atoms with Crippen LogP contribution in [0.4, 0.5) is 5.69 Å². The number of hydrogen-bond donors (Lipinski definition) is 0. The third-order valence-electron chi connectivity index (χ3n) is 3.86. The van der Waals surface area contributed by atoms with Crippen molar-refractivity contribution in [2.45, 2.75) is 18.9 Å². The van der Waals surface area contributed by atoms with E-state index in [1.165, 1.54) is 0 Å². The van der Waals surface area contributed by atoms with Gasteiger partial charge >= 0.3 is 0 Å². The molecule has 0 spiro atoms. The van der Waals surface area contributed by atoms with Crippen LogP contribution in [0.5, 0.6) is 5.75 Å². The predicted molar refractivity (Wildman–Crippen MR) is 80.7 cm³/mol. The van der Waals surface area contributed by atoms with E-state index in [9.17, 15) is 0 Å². The average Bonchev–Trinajstić information content (AvgIpc) is 3.01. The number of methoxy groups -OCH3 is 1. The maximum Gasteiger partial charge on any atom is 0.137 e. The van der Waals surface area contributed by atoms with Gasteiger partial charge in [-0.2, -0.15) is 5.10 Å². The summed E-state index contributed by atoms with van der Waals surface area (Å²) in [7, 11) is 1.64. The number of piperidine rings is 1. The molecule has 1 fully saturated rings. The number of benzene rings is 1. The van der Waals surface area contributed by atoms with Crippen LogP contribution in [-0.4, -0.2) is 30.0 Å². The number of halogens is 1. The van der Waals surface area contributed by atoms with Crippen LogP contribution in [0.2, 0.25) is 5.02 Å². The monoisotopic (exact) mass is 291 g/mol. The first-order valence-electron chi connectivity index (χ1n) is 6.85. The molecule has 1 aliphatic heterocycles. The lowest BCUT2D eigenvalue weighted by Crippen LogP contribution is -2.34. The maximum absolute atomic E-state index is 6.19. The number of rotatable bonds is 3. The molecule has 0 N–H and O–H groups in total. The van der Waals surface area contributed by atoms with E-state index in [4.69, 9.17) is 16.3 Å². The molecule has 1 aromatic carbocycles. The molecule has 0 saturated carbocycles. The minimum atomic E-state index is 0.509. The second-order valence-corrected chi connectivity index (χ2v) is 5.43. The number of anilines is 1. The van der Waals surface area contributed by atoms with Gasteiger partial charge in [0.1, 0.15) is 5.75 Å². The minimum Gasteiger partial charge on any atom is -0.495 e. The quantitative estimate of drug-likeness (QED) is 0.868. The van der Waals surface area contributed by atoms with E-state index in [-0.39, 0.29) is 0 Å². The van der Waals surface area contributed by atoms with Crippen LogP contribution < -0.4 is 9.64 Å². The van der Waals surface area contributed by atoms with Crippen molar-refractivity contribution in [3.05, 3.63) is 41.7 Å². The minimum absolute atomic E-state index is 0.509. The van der Waals surface area contributed by atoms with E-state index in [2.05, 4.69) is 20.7 Å². The summed E-state index contributed by atoms with van der Waals surface area (Å²) in [4.78, 5) is 2.37. The lowest BCUT2D eigenvalue weighted by atomic mass is 10.0. The second-order valence-electron chi connectivity index (χ2n) is 5.02. The Morgan fingerprint density at radius 3 is 2.70 bits per heavy atom. The molecule has 0 atom stereocenters. The van der Waals surface area contributed by atoms with Gasteiger partial charge in [0.15, 0.2) is 0 Å². The molecule has 2 heterocycles. The van der Waals surface area contributed by atoms with Crippen LogP contribution in [-0.2, 0) is 0 Å². The van der Waals surface area contributed by atoms with Crippen LogP contribution in [0.15, 0.2) is 36.7 Å². The molecule has 1 aromatic heterocycles. The molecule has 1 saturated heterocycles. The summed E-state index contributed by atoms with van der Waals surface area (Å²) in [5.74, 6) is 0.724. The molecule has 5 heteroatoms. The molecule has 0 radical (unpaired) electrons. The van der Waals surface area contributed by atoms with Crippen molar-refractivity contribution < 1.29 is 4.74 Å². The molecule has 0 amide bonds. The Morgan fingerprint density at radius 1 is 1.30 bits per heavy atom. The van der Waals surface area contributed by atoms with Crippen LogP contribution in [0.1, 0.15) is 18.9 Å². The number of aromatic nitrogens is 2. The maximum atomic E-state index is 6.19. The number of hydrogen-bond acceptors (Lipinski definition) is 3. The lowest BCUT2D eigenvalue weighted by Gasteiger charge is -2.33. The molecule has 2 aromatic rings. The van der Waals surface area contributed by atoms with E-state index in [1.807, 2.05) is 30.6 Å². The molecule has 106 valence electrons. The fourth-order valence-corrected chi connectivity index (χ4v) is 2.99. The Morgan fingerprint density at radius 2 is 2.10 bits per heavy atom. The molecule has 1 aliphatic rings. The van der Waals surface area contributed by atoms with Crippen molar-refractivity contribution in [1.29, 1.82) is 0 Å². The fourth-order valence-electron chi connectivity index (χ4n) is 2.74. The normalized spacial score (nSPS) is 16.4. The van der Waals surface area contributed by atoms with Crippen LogP contribution in [0.3, 0.4) is 0 Å². The van der Waals surface area contributed by atoms with Gasteiger partial charge < -0.3 is 9.64 Å². The van der Waals surface area contributed by atoms with Crippen molar-refractivity contribution in [1.82, 2.24) is 9.78 Å². The summed E-state index contributed by atoms with van der Waals surface area (Å²) in [6, 6.07) is 8.47. The summed E-state index contributed by atoms with van der Waals surface area (Å²) >= 11 is 6.19. The molecule has 3 rings (SSSR count). The zero-order chi connectivity index (χ0) is 13.9. The predicted octanol–water partition coefficient (Wildman–Crippen LogP) is 3.39. The Labute approximate surface area is 123 Å². The Hall–Kier alpha value is -1.68. The van der Waals surface area contributed by atoms with Crippen molar-refractivity contribution in [3.63, 3.8) is 0 Å². The van der Waals surface area contributed by atoms with E-state index in [0.717, 1.165) is 37.4 Å². The van der Waals surface area contributed by atoms with Gasteiger partial charge in [-0.05, 0) is 37.1 Å². The molecule has 0 aliphatic carbocycles. The second kappa shape index (κ2) is 5.75. The summed E-state index contributed by atoms with van der Waals surface area (Å²) in [6.45, 7) is 2.04. The Bertz CT molecular complexity index is 563. The average molecular weight is 292 g/mol. The van der Waals surface area contributed by atoms with Gasteiger partial charge in [-0.3, -0.25) is 4.68 Å². The largest absolute Gasteiger partial charge is 0.495 e. The summed E-state index contributed by atoms with van der Waals surface area (Å²) in [5.41, 5.74) is 1.16. The first kappa shape index (κ1) is 13.3. The SMILES string of the molecule is COc1ccc(N2CCC(n3cccn3)CC2)cc1Cl.